The number of pyridine rings is 1. The molecule has 4 aromatic rings. The van der Waals surface area contributed by atoms with E-state index < -0.39 is 0 Å². The van der Waals surface area contributed by atoms with E-state index in [4.69, 9.17) is 0 Å². The molecule has 0 bridgehead atoms. The maximum Gasteiger partial charge on any atom is 0.319 e. The molecule has 0 saturated heterocycles. The highest BCUT2D eigenvalue weighted by atomic mass is 16.2. The molecule has 0 atom stereocenters. The summed E-state index contributed by atoms with van der Waals surface area (Å²) in [5.41, 5.74) is 4.10. The Morgan fingerprint density at radius 3 is 2.69 bits per heavy atom. The number of urea groups is 1. The Morgan fingerprint density at radius 1 is 1.08 bits per heavy atom. The van der Waals surface area contributed by atoms with E-state index in [9.17, 15) is 4.79 Å². The number of amides is 2. The lowest BCUT2D eigenvalue weighted by atomic mass is 10.2. The van der Waals surface area contributed by atoms with Crippen molar-refractivity contribution in [3.8, 4) is 11.3 Å². The summed E-state index contributed by atoms with van der Waals surface area (Å²) in [6, 6.07) is 15.2. The van der Waals surface area contributed by atoms with Crippen molar-refractivity contribution in [2.45, 2.75) is 6.54 Å². The topological polar surface area (TPSA) is 84.2 Å². The number of anilines is 1. The first-order valence-corrected chi connectivity index (χ1v) is 8.12. The fourth-order valence-electron chi connectivity index (χ4n) is 2.55. The standard InChI is InChI=1S/C19H16N6O/c26-19(22-11-14-6-8-20-9-7-14)23-16-12-21-18-10-17(24-25(18)13-16)15-4-2-1-3-5-15/h1-10,12-13H,11H2,(H2,22,23,26). The molecular formula is C19H16N6O. The monoisotopic (exact) mass is 344 g/mol. The van der Waals surface area contributed by atoms with Crippen LogP contribution in [0.25, 0.3) is 16.9 Å². The molecule has 7 heteroatoms. The summed E-state index contributed by atoms with van der Waals surface area (Å²) in [5.74, 6) is 0. The number of nitrogens with one attached hydrogen (secondary N) is 2. The van der Waals surface area contributed by atoms with E-state index in [-0.39, 0.29) is 6.03 Å². The SMILES string of the molecule is O=C(NCc1ccncc1)Nc1cnc2cc(-c3ccccc3)nn2c1. The maximum absolute atomic E-state index is 12.1. The molecule has 3 heterocycles. The lowest BCUT2D eigenvalue weighted by Gasteiger charge is -2.07. The van der Waals surface area contributed by atoms with Crippen molar-refractivity contribution in [1.82, 2.24) is 24.9 Å². The number of hydrogen-bond acceptors (Lipinski definition) is 4. The van der Waals surface area contributed by atoms with Crippen molar-refractivity contribution >= 4 is 17.4 Å². The third-order valence-corrected chi connectivity index (χ3v) is 3.84. The number of aromatic nitrogens is 4. The third kappa shape index (κ3) is 3.51. The van der Waals surface area contributed by atoms with Gasteiger partial charge in [-0.15, -0.1) is 0 Å². The minimum atomic E-state index is -0.307. The smallest absolute Gasteiger partial charge is 0.319 e. The second kappa shape index (κ2) is 7.02. The fraction of sp³-hybridized carbons (Fsp3) is 0.0526. The predicted octanol–water partition coefficient (Wildman–Crippen LogP) is 3.11. The summed E-state index contributed by atoms with van der Waals surface area (Å²) in [6.07, 6.45) is 6.72. The number of carbonyl (C=O) groups excluding carboxylic acids is 1. The minimum absolute atomic E-state index is 0.307. The molecule has 0 fully saturated rings. The Hall–Kier alpha value is -3.74. The first-order valence-electron chi connectivity index (χ1n) is 8.12. The molecule has 0 aliphatic rings. The summed E-state index contributed by atoms with van der Waals surface area (Å²) in [5, 5.41) is 10.1. The molecule has 0 saturated carbocycles. The van der Waals surface area contributed by atoms with Crippen molar-refractivity contribution in [1.29, 1.82) is 0 Å². The van der Waals surface area contributed by atoms with Gasteiger partial charge in [-0.2, -0.15) is 5.10 Å². The average Bonchev–Trinajstić information content (AvgIpc) is 3.11. The van der Waals surface area contributed by atoms with Crippen LogP contribution in [0.5, 0.6) is 0 Å². The zero-order valence-electron chi connectivity index (χ0n) is 13.8. The van der Waals surface area contributed by atoms with E-state index in [1.807, 2.05) is 48.5 Å². The van der Waals surface area contributed by atoms with Crippen LogP contribution in [0.15, 0.2) is 73.3 Å². The van der Waals surface area contributed by atoms with Gasteiger partial charge in [-0.25, -0.2) is 14.3 Å². The minimum Gasteiger partial charge on any atom is -0.334 e. The van der Waals surface area contributed by atoms with Crippen LogP contribution in [-0.2, 0) is 6.54 Å². The highest BCUT2D eigenvalue weighted by Crippen LogP contribution is 2.19. The molecule has 2 N–H and O–H groups in total. The van der Waals surface area contributed by atoms with Crippen molar-refractivity contribution in [3.05, 3.63) is 78.9 Å². The molecule has 26 heavy (non-hydrogen) atoms. The van der Waals surface area contributed by atoms with E-state index in [0.717, 1.165) is 16.8 Å². The van der Waals surface area contributed by atoms with Gasteiger partial charge in [0.1, 0.15) is 0 Å². The van der Waals surface area contributed by atoms with Crippen molar-refractivity contribution in [3.63, 3.8) is 0 Å². The number of carbonyl (C=O) groups is 1. The average molecular weight is 344 g/mol. The van der Waals surface area contributed by atoms with E-state index in [0.29, 0.717) is 17.9 Å². The predicted molar refractivity (Wildman–Crippen MR) is 98.5 cm³/mol. The van der Waals surface area contributed by atoms with Gasteiger partial charge in [-0.3, -0.25) is 4.98 Å². The van der Waals surface area contributed by atoms with Crippen LogP contribution in [0.2, 0.25) is 0 Å². The Kier molecular flexibility index (Phi) is 4.26. The van der Waals surface area contributed by atoms with E-state index in [1.165, 1.54) is 0 Å². The zero-order valence-corrected chi connectivity index (χ0v) is 13.8. The molecule has 128 valence electrons. The normalized spacial score (nSPS) is 10.6. The van der Waals surface area contributed by atoms with Gasteiger partial charge in [-0.05, 0) is 17.7 Å². The lowest BCUT2D eigenvalue weighted by molar-refractivity contribution is 0.251. The summed E-state index contributed by atoms with van der Waals surface area (Å²) in [4.78, 5) is 20.3. The third-order valence-electron chi connectivity index (χ3n) is 3.84. The van der Waals surface area contributed by atoms with Crippen LogP contribution in [0.1, 0.15) is 5.56 Å². The van der Waals surface area contributed by atoms with Crippen LogP contribution in [0.4, 0.5) is 10.5 Å². The second-order valence-electron chi connectivity index (χ2n) is 5.70. The van der Waals surface area contributed by atoms with Crippen molar-refractivity contribution in [2.24, 2.45) is 0 Å². The van der Waals surface area contributed by atoms with Gasteiger partial charge in [0.05, 0.1) is 23.8 Å². The molecule has 0 spiro atoms. The number of rotatable bonds is 4. The first kappa shape index (κ1) is 15.8. The number of nitrogens with zero attached hydrogens (tertiary/aromatic N) is 4. The van der Waals surface area contributed by atoms with Crippen molar-refractivity contribution < 1.29 is 4.79 Å². The molecule has 4 rings (SSSR count). The summed E-state index contributed by atoms with van der Waals surface area (Å²) >= 11 is 0. The van der Waals surface area contributed by atoms with Crippen LogP contribution < -0.4 is 10.6 Å². The zero-order chi connectivity index (χ0) is 17.8. The number of hydrogen-bond donors (Lipinski definition) is 2. The van der Waals surface area contributed by atoms with Gasteiger partial charge in [0, 0.05) is 30.6 Å². The molecule has 0 unspecified atom stereocenters. The van der Waals surface area contributed by atoms with Crippen LogP contribution in [0, 0.1) is 0 Å². The van der Waals surface area contributed by atoms with Gasteiger partial charge in [0.2, 0.25) is 0 Å². The Morgan fingerprint density at radius 2 is 1.88 bits per heavy atom. The number of benzene rings is 1. The molecular weight excluding hydrogens is 328 g/mol. The number of fused-ring (bicyclic) bond motifs is 1. The summed E-state index contributed by atoms with van der Waals surface area (Å²) in [6.45, 7) is 0.421. The van der Waals surface area contributed by atoms with Gasteiger partial charge in [0.25, 0.3) is 0 Å². The van der Waals surface area contributed by atoms with E-state index in [2.05, 4.69) is 25.7 Å². The summed E-state index contributed by atoms with van der Waals surface area (Å²) < 4.78 is 1.65. The largest absolute Gasteiger partial charge is 0.334 e. The Labute approximate surface area is 149 Å². The molecule has 3 aromatic heterocycles. The maximum atomic E-state index is 12.1. The van der Waals surface area contributed by atoms with Crippen LogP contribution >= 0.6 is 0 Å². The lowest BCUT2D eigenvalue weighted by Crippen LogP contribution is -2.28. The van der Waals surface area contributed by atoms with Crippen LogP contribution in [-0.4, -0.2) is 25.6 Å². The quantitative estimate of drug-likeness (QED) is 0.596. The highest BCUT2D eigenvalue weighted by molar-refractivity contribution is 5.89. The Bertz CT molecular complexity index is 1030. The fourth-order valence-corrected chi connectivity index (χ4v) is 2.55. The molecule has 2 amide bonds. The Balaban J connectivity index is 1.46. The second-order valence-corrected chi connectivity index (χ2v) is 5.70. The summed E-state index contributed by atoms with van der Waals surface area (Å²) in [7, 11) is 0. The van der Waals surface area contributed by atoms with Crippen molar-refractivity contribution in [2.75, 3.05) is 5.32 Å². The molecule has 0 aliphatic carbocycles. The molecule has 0 radical (unpaired) electrons. The van der Waals surface area contributed by atoms with Gasteiger partial charge >= 0.3 is 6.03 Å². The van der Waals surface area contributed by atoms with Gasteiger partial charge in [0.15, 0.2) is 5.65 Å². The van der Waals surface area contributed by atoms with Gasteiger partial charge in [-0.1, -0.05) is 30.3 Å². The first-order chi connectivity index (χ1) is 12.8. The molecule has 0 aliphatic heterocycles. The van der Waals surface area contributed by atoms with Crippen LogP contribution in [0.3, 0.4) is 0 Å². The van der Waals surface area contributed by atoms with E-state index in [1.54, 1.807) is 29.3 Å². The highest BCUT2D eigenvalue weighted by Gasteiger charge is 2.07. The van der Waals surface area contributed by atoms with E-state index >= 15 is 0 Å². The molecule has 7 nitrogen and oxygen atoms in total. The molecule has 1 aromatic carbocycles. The van der Waals surface area contributed by atoms with Gasteiger partial charge < -0.3 is 10.6 Å².